The first kappa shape index (κ1) is 19.9. The second-order valence-corrected chi connectivity index (χ2v) is 6.98. The van der Waals surface area contributed by atoms with Crippen molar-refractivity contribution in [1.82, 2.24) is 14.5 Å². The zero-order valence-electron chi connectivity index (χ0n) is 15.9. The lowest BCUT2D eigenvalue weighted by molar-refractivity contribution is 0.0520. The number of anilines is 1. The van der Waals surface area contributed by atoms with Crippen LogP contribution in [-0.4, -0.2) is 51.6 Å². The molecule has 3 rings (SSSR count). The zero-order chi connectivity index (χ0) is 20.1. The second-order valence-electron chi connectivity index (χ2n) is 5.87. The molecule has 0 radical (unpaired) electrons. The van der Waals surface area contributed by atoms with Gasteiger partial charge in [-0.2, -0.15) is 0 Å². The van der Waals surface area contributed by atoms with Crippen LogP contribution in [0.25, 0.3) is 10.9 Å². The van der Waals surface area contributed by atoms with Gasteiger partial charge in [0, 0.05) is 38.0 Å². The summed E-state index contributed by atoms with van der Waals surface area (Å²) in [5.74, 6) is 0.0926. The van der Waals surface area contributed by atoms with Crippen molar-refractivity contribution in [2.45, 2.75) is 12.1 Å². The third-order valence-electron chi connectivity index (χ3n) is 3.90. The van der Waals surface area contributed by atoms with Crippen LogP contribution in [0.3, 0.4) is 0 Å². The van der Waals surface area contributed by atoms with Crippen LogP contribution in [0.1, 0.15) is 17.4 Å². The molecular formula is C18H22N4O5S. The predicted molar refractivity (Wildman–Crippen MR) is 105 cm³/mol. The van der Waals surface area contributed by atoms with Gasteiger partial charge in [-0.15, -0.1) is 0 Å². The fourth-order valence-electron chi connectivity index (χ4n) is 2.62. The molecule has 0 saturated heterocycles. The molecule has 1 aromatic carbocycles. The summed E-state index contributed by atoms with van der Waals surface area (Å²) in [6.07, 6.45) is 3.28. The molecule has 2 aromatic heterocycles. The number of hydrogen-bond donors (Lipinski definition) is 2. The highest BCUT2D eigenvalue weighted by molar-refractivity contribution is 7.86. The van der Waals surface area contributed by atoms with Gasteiger partial charge >= 0.3 is 5.97 Å². The summed E-state index contributed by atoms with van der Waals surface area (Å²) in [5.41, 5.74) is 1.43. The van der Waals surface area contributed by atoms with Crippen molar-refractivity contribution in [2.24, 2.45) is 7.05 Å². The van der Waals surface area contributed by atoms with Crippen LogP contribution in [-0.2, 0) is 27.5 Å². The highest BCUT2D eigenvalue weighted by atomic mass is 32.2. The third kappa shape index (κ3) is 4.34. The van der Waals surface area contributed by atoms with Gasteiger partial charge in [0.05, 0.1) is 24.4 Å². The number of esters is 1. The van der Waals surface area contributed by atoms with Crippen molar-refractivity contribution in [3.63, 3.8) is 0 Å². The fraction of sp³-hybridized carbons (Fsp3) is 0.333. The number of H-pyrrole nitrogens is 1. The SMILES string of the molecule is CCOC(=O)c1cc2cc(OCCOC)cc(NS(=O)c3nccn3C)c2[nH]1. The minimum Gasteiger partial charge on any atom is -0.491 e. The van der Waals surface area contributed by atoms with E-state index in [0.717, 1.165) is 5.39 Å². The number of carbonyl (C=O) groups is 1. The minimum absolute atomic E-state index is 0.272. The molecule has 0 fully saturated rings. The van der Waals surface area contributed by atoms with Crippen LogP contribution in [0.5, 0.6) is 5.75 Å². The number of rotatable bonds is 9. The number of aromatic nitrogens is 3. The number of carbonyl (C=O) groups excluding carboxylic acids is 1. The van der Waals surface area contributed by atoms with Crippen molar-refractivity contribution in [1.29, 1.82) is 0 Å². The Kier molecular flexibility index (Phi) is 6.32. The smallest absolute Gasteiger partial charge is 0.354 e. The fourth-order valence-corrected chi connectivity index (χ4v) is 3.55. The number of methoxy groups -OCH3 is 1. The molecule has 0 bridgehead atoms. The minimum atomic E-state index is -1.61. The maximum atomic E-state index is 12.7. The summed E-state index contributed by atoms with van der Waals surface area (Å²) in [6.45, 7) is 2.80. The number of aromatic amines is 1. The van der Waals surface area contributed by atoms with Gasteiger partial charge in [-0.25, -0.2) is 14.0 Å². The molecule has 150 valence electrons. The summed E-state index contributed by atoms with van der Waals surface area (Å²) in [4.78, 5) is 19.2. The van der Waals surface area contributed by atoms with Crippen molar-refractivity contribution in [3.8, 4) is 5.75 Å². The highest BCUT2D eigenvalue weighted by Crippen LogP contribution is 2.31. The van der Waals surface area contributed by atoms with Gasteiger partial charge in [0.15, 0.2) is 11.0 Å². The third-order valence-corrected chi connectivity index (χ3v) is 5.03. The largest absolute Gasteiger partial charge is 0.491 e. The Morgan fingerprint density at radius 2 is 2.14 bits per heavy atom. The van der Waals surface area contributed by atoms with E-state index in [1.165, 1.54) is 0 Å². The molecule has 1 atom stereocenters. The lowest BCUT2D eigenvalue weighted by Gasteiger charge is -2.11. The van der Waals surface area contributed by atoms with Gasteiger partial charge < -0.3 is 23.8 Å². The molecule has 3 aromatic rings. The summed E-state index contributed by atoms with van der Waals surface area (Å²) in [7, 11) is 1.74. The lowest BCUT2D eigenvalue weighted by atomic mass is 10.2. The molecular weight excluding hydrogens is 384 g/mol. The van der Waals surface area contributed by atoms with E-state index in [0.29, 0.717) is 41.0 Å². The number of ether oxygens (including phenoxy) is 3. The Morgan fingerprint density at radius 3 is 2.82 bits per heavy atom. The summed E-state index contributed by atoms with van der Waals surface area (Å²) >= 11 is 0. The van der Waals surface area contributed by atoms with Crippen LogP contribution >= 0.6 is 0 Å². The molecule has 10 heteroatoms. The monoisotopic (exact) mass is 406 g/mol. The van der Waals surface area contributed by atoms with E-state index >= 15 is 0 Å². The van der Waals surface area contributed by atoms with Crippen LogP contribution < -0.4 is 9.46 Å². The summed E-state index contributed by atoms with van der Waals surface area (Å²) in [6, 6.07) is 5.18. The number of imidazole rings is 1. The molecule has 9 nitrogen and oxygen atoms in total. The first-order valence-electron chi connectivity index (χ1n) is 8.64. The second kappa shape index (κ2) is 8.89. The molecule has 0 aliphatic heterocycles. The van der Waals surface area contributed by atoms with Crippen molar-refractivity contribution in [3.05, 3.63) is 36.3 Å². The van der Waals surface area contributed by atoms with Crippen LogP contribution in [0.4, 0.5) is 5.69 Å². The molecule has 2 heterocycles. The van der Waals surface area contributed by atoms with Gasteiger partial charge in [-0.05, 0) is 19.1 Å². The molecule has 0 aliphatic rings. The molecule has 2 N–H and O–H groups in total. The molecule has 1 unspecified atom stereocenters. The number of benzene rings is 1. The molecule has 0 aliphatic carbocycles. The van der Waals surface area contributed by atoms with Gasteiger partial charge in [0.1, 0.15) is 18.1 Å². The van der Waals surface area contributed by atoms with E-state index < -0.39 is 17.0 Å². The van der Waals surface area contributed by atoms with Gasteiger partial charge in [-0.1, -0.05) is 0 Å². The van der Waals surface area contributed by atoms with E-state index in [1.807, 2.05) is 0 Å². The number of fused-ring (bicyclic) bond motifs is 1. The standard InChI is InChI=1S/C18H22N4O5S/c1-4-26-17(23)15-10-12-9-13(27-8-7-25-3)11-14(16(12)20-15)21-28(24)18-19-5-6-22(18)2/h5-6,9-11,20-21H,4,7-8H2,1-3H3. The Bertz CT molecular complexity index is 997. The number of nitrogens with one attached hydrogen (secondary N) is 2. The van der Waals surface area contributed by atoms with E-state index in [2.05, 4.69) is 14.7 Å². The Morgan fingerprint density at radius 1 is 1.32 bits per heavy atom. The van der Waals surface area contributed by atoms with Crippen molar-refractivity contribution < 1.29 is 23.2 Å². The van der Waals surface area contributed by atoms with Crippen LogP contribution in [0, 0.1) is 0 Å². The first-order valence-corrected chi connectivity index (χ1v) is 9.79. The summed E-state index contributed by atoms with van der Waals surface area (Å²) in [5, 5.41) is 1.09. The number of hydrogen-bond acceptors (Lipinski definition) is 6. The maximum absolute atomic E-state index is 12.7. The van der Waals surface area contributed by atoms with Gasteiger partial charge in [0.25, 0.3) is 0 Å². The number of nitrogens with zero attached hydrogens (tertiary/aromatic N) is 2. The predicted octanol–water partition coefficient (Wildman–Crippen LogP) is 2.24. The van der Waals surface area contributed by atoms with E-state index in [4.69, 9.17) is 14.2 Å². The Labute approximate surface area is 164 Å². The Hall–Kier alpha value is -2.85. The highest BCUT2D eigenvalue weighted by Gasteiger charge is 2.17. The first-order chi connectivity index (χ1) is 13.5. The van der Waals surface area contributed by atoms with Crippen LogP contribution in [0.15, 0.2) is 35.7 Å². The molecule has 0 amide bonds. The van der Waals surface area contributed by atoms with Crippen LogP contribution in [0.2, 0.25) is 0 Å². The van der Waals surface area contributed by atoms with Crippen molar-refractivity contribution >= 4 is 33.5 Å². The number of aryl methyl sites for hydroxylation is 1. The molecule has 28 heavy (non-hydrogen) atoms. The van der Waals surface area contributed by atoms with E-state index in [9.17, 15) is 9.00 Å². The van der Waals surface area contributed by atoms with E-state index in [-0.39, 0.29) is 6.61 Å². The lowest BCUT2D eigenvalue weighted by Crippen LogP contribution is -2.11. The average molecular weight is 406 g/mol. The topological polar surface area (TPSA) is 107 Å². The average Bonchev–Trinajstić information content (AvgIpc) is 3.28. The Balaban J connectivity index is 1.97. The summed E-state index contributed by atoms with van der Waals surface area (Å²) < 4.78 is 33.1. The van der Waals surface area contributed by atoms with E-state index in [1.54, 1.807) is 56.2 Å². The maximum Gasteiger partial charge on any atom is 0.354 e. The molecule has 0 saturated carbocycles. The van der Waals surface area contributed by atoms with Crippen molar-refractivity contribution in [2.75, 3.05) is 31.7 Å². The van der Waals surface area contributed by atoms with Gasteiger partial charge in [0.2, 0.25) is 5.16 Å². The quantitative estimate of drug-likeness (QED) is 0.417. The normalized spacial score (nSPS) is 12.1. The van der Waals surface area contributed by atoms with Gasteiger partial charge in [-0.3, -0.25) is 4.72 Å². The zero-order valence-corrected chi connectivity index (χ0v) is 16.7. The molecule has 0 spiro atoms.